The SMILES string of the molecule is CC1(c2cccc3c2oc2c(N(c4ccccc4)c4ccc(-c5ccccc5)cc4)cccc23)c2ccccc2-c2ccccc21. The van der Waals surface area contributed by atoms with Crippen molar-refractivity contribution in [3.05, 3.63) is 187 Å². The van der Waals surface area contributed by atoms with Crippen LogP contribution in [-0.2, 0) is 5.41 Å². The Morgan fingerprint density at radius 3 is 1.59 bits per heavy atom. The van der Waals surface area contributed by atoms with Crippen LogP contribution < -0.4 is 4.90 Å². The minimum absolute atomic E-state index is 0.354. The molecule has 8 aromatic rings. The van der Waals surface area contributed by atoms with Gasteiger partial charge in [-0.05, 0) is 70.6 Å². The summed E-state index contributed by atoms with van der Waals surface area (Å²) in [5.41, 5.74) is 13.4. The first-order valence-corrected chi connectivity index (χ1v) is 15.9. The highest BCUT2D eigenvalue weighted by Gasteiger charge is 2.42. The molecule has 0 unspecified atom stereocenters. The highest BCUT2D eigenvalue weighted by Crippen LogP contribution is 2.54. The van der Waals surface area contributed by atoms with Crippen molar-refractivity contribution in [2.24, 2.45) is 0 Å². The van der Waals surface area contributed by atoms with Crippen LogP contribution in [0.25, 0.3) is 44.2 Å². The Bertz CT molecular complexity index is 2320. The van der Waals surface area contributed by atoms with Crippen molar-refractivity contribution in [1.29, 1.82) is 0 Å². The first kappa shape index (κ1) is 26.5. The van der Waals surface area contributed by atoms with E-state index >= 15 is 0 Å². The van der Waals surface area contributed by atoms with E-state index in [1.54, 1.807) is 0 Å². The molecule has 0 bridgehead atoms. The first-order chi connectivity index (χ1) is 22.7. The molecule has 0 atom stereocenters. The molecule has 0 amide bonds. The van der Waals surface area contributed by atoms with E-state index in [0.717, 1.165) is 39.0 Å². The Labute approximate surface area is 268 Å². The topological polar surface area (TPSA) is 16.4 Å². The van der Waals surface area contributed by atoms with Gasteiger partial charge in [-0.25, -0.2) is 0 Å². The van der Waals surface area contributed by atoms with Crippen molar-refractivity contribution in [1.82, 2.24) is 0 Å². The fourth-order valence-electron chi connectivity index (χ4n) is 7.56. The summed E-state index contributed by atoms with van der Waals surface area (Å²) in [4.78, 5) is 2.31. The summed E-state index contributed by atoms with van der Waals surface area (Å²) in [6, 6.07) is 60.7. The van der Waals surface area contributed by atoms with E-state index in [-0.39, 0.29) is 5.41 Å². The van der Waals surface area contributed by atoms with Gasteiger partial charge in [0.15, 0.2) is 5.58 Å². The van der Waals surface area contributed by atoms with Crippen molar-refractivity contribution in [2.75, 3.05) is 4.90 Å². The van der Waals surface area contributed by atoms with Gasteiger partial charge in [0.25, 0.3) is 0 Å². The largest absolute Gasteiger partial charge is 0.454 e. The molecule has 7 aromatic carbocycles. The zero-order valence-electron chi connectivity index (χ0n) is 25.5. The van der Waals surface area contributed by atoms with Crippen molar-refractivity contribution in [3.8, 4) is 22.3 Å². The lowest BCUT2D eigenvalue weighted by atomic mass is 9.74. The second kappa shape index (κ2) is 10.4. The minimum Gasteiger partial charge on any atom is -0.454 e. The molecule has 0 aliphatic heterocycles. The molecule has 0 fully saturated rings. The molecule has 0 spiro atoms. The summed E-state index contributed by atoms with van der Waals surface area (Å²) >= 11 is 0. The Kier molecular flexibility index (Phi) is 5.97. The zero-order valence-corrected chi connectivity index (χ0v) is 25.5. The van der Waals surface area contributed by atoms with Gasteiger partial charge in [0.05, 0.1) is 5.69 Å². The van der Waals surface area contributed by atoms with Crippen LogP contribution in [0.15, 0.2) is 174 Å². The molecule has 0 radical (unpaired) electrons. The highest BCUT2D eigenvalue weighted by atomic mass is 16.3. The molecular formula is C44H31NO. The van der Waals surface area contributed by atoms with Crippen LogP contribution in [0, 0.1) is 0 Å². The highest BCUT2D eigenvalue weighted by molar-refractivity contribution is 6.11. The quantitative estimate of drug-likeness (QED) is 0.199. The number of para-hydroxylation sites is 3. The molecule has 218 valence electrons. The Balaban J connectivity index is 1.26. The normalized spacial score (nSPS) is 13.1. The maximum Gasteiger partial charge on any atom is 0.159 e. The van der Waals surface area contributed by atoms with Gasteiger partial charge in [0.2, 0.25) is 0 Å². The number of furan rings is 1. The van der Waals surface area contributed by atoms with E-state index in [2.05, 4.69) is 182 Å². The fraction of sp³-hybridized carbons (Fsp3) is 0.0455. The monoisotopic (exact) mass is 589 g/mol. The number of benzene rings is 7. The standard InChI is InChI=1S/C44H31NO/c1-44(38-22-10-8-18-34(38)35-19-9-11-23-39(35)44)40-24-12-20-36-37-21-13-25-41(43(37)46-42(36)40)45(32-16-6-3-7-17-32)33-28-26-31(27-29-33)30-14-4-2-5-15-30/h2-29H,1H3. The Morgan fingerprint density at radius 1 is 0.413 bits per heavy atom. The van der Waals surface area contributed by atoms with Crippen LogP contribution in [0.1, 0.15) is 23.6 Å². The average molecular weight is 590 g/mol. The van der Waals surface area contributed by atoms with Gasteiger partial charge < -0.3 is 9.32 Å². The molecule has 1 aliphatic carbocycles. The van der Waals surface area contributed by atoms with Gasteiger partial charge in [-0.1, -0.05) is 140 Å². The van der Waals surface area contributed by atoms with Gasteiger partial charge in [0, 0.05) is 33.1 Å². The number of nitrogens with zero attached hydrogens (tertiary/aromatic N) is 1. The van der Waals surface area contributed by atoms with Gasteiger partial charge in [0.1, 0.15) is 5.58 Å². The number of hydrogen-bond donors (Lipinski definition) is 0. The third kappa shape index (κ3) is 3.90. The number of anilines is 3. The molecule has 9 rings (SSSR count). The van der Waals surface area contributed by atoms with Crippen molar-refractivity contribution < 1.29 is 4.42 Å². The lowest BCUT2D eigenvalue weighted by Crippen LogP contribution is -2.22. The Hall–Kier alpha value is -5.86. The van der Waals surface area contributed by atoms with E-state index < -0.39 is 0 Å². The summed E-state index contributed by atoms with van der Waals surface area (Å²) in [6.45, 7) is 2.35. The smallest absolute Gasteiger partial charge is 0.159 e. The van der Waals surface area contributed by atoms with Gasteiger partial charge in [-0.3, -0.25) is 0 Å². The molecule has 0 N–H and O–H groups in total. The van der Waals surface area contributed by atoms with Crippen LogP contribution in [0.3, 0.4) is 0 Å². The maximum atomic E-state index is 7.10. The first-order valence-electron chi connectivity index (χ1n) is 15.9. The second-order valence-electron chi connectivity index (χ2n) is 12.2. The summed E-state index contributed by atoms with van der Waals surface area (Å²) < 4.78 is 7.10. The van der Waals surface area contributed by atoms with Gasteiger partial charge >= 0.3 is 0 Å². The van der Waals surface area contributed by atoms with Gasteiger partial charge in [-0.15, -0.1) is 0 Å². The van der Waals surface area contributed by atoms with Crippen molar-refractivity contribution >= 4 is 39.0 Å². The van der Waals surface area contributed by atoms with Crippen molar-refractivity contribution in [2.45, 2.75) is 12.3 Å². The molecule has 2 heteroatoms. The zero-order chi connectivity index (χ0) is 30.7. The van der Waals surface area contributed by atoms with E-state index in [4.69, 9.17) is 4.42 Å². The minimum atomic E-state index is -0.354. The molecule has 1 heterocycles. The number of hydrogen-bond acceptors (Lipinski definition) is 2. The molecule has 2 nitrogen and oxygen atoms in total. The average Bonchev–Trinajstić information content (AvgIpc) is 3.64. The molecule has 1 aliphatic rings. The predicted octanol–water partition coefficient (Wildman–Crippen LogP) is 12.1. The number of rotatable bonds is 5. The van der Waals surface area contributed by atoms with Crippen LogP contribution in [-0.4, -0.2) is 0 Å². The molecule has 46 heavy (non-hydrogen) atoms. The molecule has 1 aromatic heterocycles. The fourth-order valence-corrected chi connectivity index (χ4v) is 7.56. The second-order valence-corrected chi connectivity index (χ2v) is 12.2. The Morgan fingerprint density at radius 2 is 0.913 bits per heavy atom. The maximum absolute atomic E-state index is 7.10. The lowest BCUT2D eigenvalue weighted by molar-refractivity contribution is 0.638. The molecule has 0 saturated carbocycles. The van der Waals surface area contributed by atoms with Crippen LogP contribution >= 0.6 is 0 Å². The van der Waals surface area contributed by atoms with Crippen LogP contribution in [0.4, 0.5) is 17.1 Å². The van der Waals surface area contributed by atoms with E-state index in [1.165, 1.54) is 38.9 Å². The molecule has 0 saturated heterocycles. The van der Waals surface area contributed by atoms with Crippen molar-refractivity contribution in [3.63, 3.8) is 0 Å². The van der Waals surface area contributed by atoms with E-state index in [1.807, 2.05) is 0 Å². The predicted molar refractivity (Wildman–Crippen MR) is 191 cm³/mol. The lowest BCUT2D eigenvalue weighted by Gasteiger charge is -2.28. The third-order valence-corrected chi connectivity index (χ3v) is 9.75. The number of fused-ring (bicyclic) bond motifs is 6. The van der Waals surface area contributed by atoms with E-state index in [9.17, 15) is 0 Å². The van der Waals surface area contributed by atoms with Crippen LogP contribution in [0.2, 0.25) is 0 Å². The summed E-state index contributed by atoms with van der Waals surface area (Å²) in [6.07, 6.45) is 0. The summed E-state index contributed by atoms with van der Waals surface area (Å²) in [5.74, 6) is 0. The summed E-state index contributed by atoms with van der Waals surface area (Å²) in [5, 5.41) is 2.24. The van der Waals surface area contributed by atoms with Crippen LogP contribution in [0.5, 0.6) is 0 Å². The third-order valence-electron chi connectivity index (χ3n) is 9.75. The van der Waals surface area contributed by atoms with E-state index in [0.29, 0.717) is 0 Å². The molecular weight excluding hydrogens is 558 g/mol. The van der Waals surface area contributed by atoms with Gasteiger partial charge in [-0.2, -0.15) is 0 Å². The summed E-state index contributed by atoms with van der Waals surface area (Å²) in [7, 11) is 0.